The van der Waals surface area contributed by atoms with Crippen LogP contribution in [0.2, 0.25) is 0 Å². The Balaban J connectivity index is 1.58. The lowest BCUT2D eigenvalue weighted by molar-refractivity contribution is -0.137. The van der Waals surface area contributed by atoms with Gasteiger partial charge in [-0.1, -0.05) is 6.07 Å². The van der Waals surface area contributed by atoms with E-state index in [1.165, 1.54) is 6.07 Å². The van der Waals surface area contributed by atoms with Gasteiger partial charge in [-0.05, 0) is 49.7 Å². The largest absolute Gasteiger partial charge is 0.416 e. The number of carbonyl (C=O) groups excluding carboxylic acids is 1. The van der Waals surface area contributed by atoms with Gasteiger partial charge in [0.2, 0.25) is 0 Å². The lowest BCUT2D eigenvalue weighted by Gasteiger charge is -2.18. The zero-order valence-corrected chi connectivity index (χ0v) is 17.6. The molecular formula is C22H21F3N6O. The van der Waals surface area contributed by atoms with Gasteiger partial charge >= 0.3 is 6.18 Å². The van der Waals surface area contributed by atoms with Crippen molar-refractivity contribution in [1.29, 1.82) is 0 Å². The molecule has 0 aliphatic heterocycles. The van der Waals surface area contributed by atoms with Crippen molar-refractivity contribution in [2.45, 2.75) is 20.0 Å². The number of nitrogens with zero attached hydrogens (tertiary/aromatic N) is 3. The van der Waals surface area contributed by atoms with E-state index >= 15 is 0 Å². The Bertz CT molecular complexity index is 1300. The van der Waals surface area contributed by atoms with Crippen LogP contribution in [0, 0.1) is 13.8 Å². The lowest BCUT2D eigenvalue weighted by atomic mass is 10.1. The molecule has 4 aromatic rings. The monoisotopic (exact) mass is 442 g/mol. The second kappa shape index (κ2) is 7.63. The molecule has 0 fully saturated rings. The number of hydrogen-bond donors (Lipinski definition) is 3. The molecule has 0 saturated carbocycles. The SMILES string of the molecule is Cc1ccc(C(=O)Nc2cc(N)cc(C(F)(F)F)c2)cc1-n1cc(-c2cnn(C)c2C)[nH]1. The zero-order chi connectivity index (χ0) is 23.2. The standard InChI is InChI=1S/C22H21F3N6O/c1-12-4-5-14(21(32)28-17-8-15(22(23,24)25)7-16(26)9-17)6-20(12)31-11-19(29-31)18-10-27-30(3)13(18)2/h4-11,29H,26H2,1-3H3,(H,28,32). The maximum atomic E-state index is 13.0. The fourth-order valence-electron chi connectivity index (χ4n) is 3.38. The minimum absolute atomic E-state index is 0.0271. The van der Waals surface area contributed by atoms with E-state index in [0.29, 0.717) is 5.56 Å². The Morgan fingerprint density at radius 1 is 1.16 bits per heavy atom. The molecule has 0 aliphatic carbocycles. The van der Waals surface area contributed by atoms with Crippen LogP contribution in [0.15, 0.2) is 48.8 Å². The van der Waals surface area contributed by atoms with Gasteiger partial charge in [0.1, 0.15) is 0 Å². The number of nitrogen functional groups attached to an aromatic ring is 1. The number of nitrogens with two attached hydrogens (primary N) is 1. The molecule has 2 heterocycles. The Hall–Kier alpha value is -3.95. The van der Waals surface area contributed by atoms with Crippen LogP contribution in [-0.2, 0) is 13.2 Å². The summed E-state index contributed by atoms with van der Waals surface area (Å²) in [6, 6.07) is 8.01. The zero-order valence-electron chi connectivity index (χ0n) is 17.6. The Kier molecular flexibility index (Phi) is 5.08. The smallest absolute Gasteiger partial charge is 0.399 e. The van der Waals surface area contributed by atoms with Crippen LogP contribution in [0.4, 0.5) is 24.5 Å². The second-order valence-corrected chi connectivity index (χ2v) is 7.59. The summed E-state index contributed by atoms with van der Waals surface area (Å²) < 4.78 is 42.6. The van der Waals surface area contributed by atoms with E-state index < -0.39 is 17.6 Å². The predicted octanol–water partition coefficient (Wildman–Crippen LogP) is 4.68. The number of amides is 1. The number of hydrogen-bond acceptors (Lipinski definition) is 3. The first kappa shape index (κ1) is 21.3. The number of carbonyl (C=O) groups is 1. The van der Waals surface area contributed by atoms with E-state index in [1.807, 2.05) is 27.1 Å². The molecule has 7 nitrogen and oxygen atoms in total. The number of alkyl halides is 3. The van der Waals surface area contributed by atoms with Crippen molar-refractivity contribution in [2.24, 2.45) is 7.05 Å². The van der Waals surface area contributed by atoms with Crippen LogP contribution >= 0.6 is 0 Å². The van der Waals surface area contributed by atoms with Gasteiger partial charge in [-0.15, -0.1) is 0 Å². The molecule has 0 unspecified atom stereocenters. The maximum Gasteiger partial charge on any atom is 0.416 e. The molecule has 0 radical (unpaired) electrons. The van der Waals surface area contributed by atoms with Crippen LogP contribution in [0.25, 0.3) is 16.9 Å². The van der Waals surface area contributed by atoms with Crippen molar-refractivity contribution < 1.29 is 18.0 Å². The highest BCUT2D eigenvalue weighted by molar-refractivity contribution is 6.05. The van der Waals surface area contributed by atoms with Crippen molar-refractivity contribution >= 4 is 17.3 Å². The first-order chi connectivity index (χ1) is 15.0. The minimum atomic E-state index is -4.56. The highest BCUT2D eigenvalue weighted by Crippen LogP contribution is 2.33. The third kappa shape index (κ3) is 3.98. The lowest BCUT2D eigenvalue weighted by Crippen LogP contribution is -2.15. The summed E-state index contributed by atoms with van der Waals surface area (Å²) in [5.41, 5.74) is 9.35. The van der Waals surface area contributed by atoms with Crippen molar-refractivity contribution in [3.05, 3.63) is 71.2 Å². The highest BCUT2D eigenvalue weighted by Gasteiger charge is 2.31. The van der Waals surface area contributed by atoms with E-state index in [9.17, 15) is 18.0 Å². The van der Waals surface area contributed by atoms with E-state index in [0.717, 1.165) is 40.3 Å². The number of anilines is 2. The fraction of sp³-hybridized carbons (Fsp3) is 0.182. The number of benzene rings is 2. The van der Waals surface area contributed by atoms with E-state index in [1.54, 1.807) is 33.8 Å². The molecule has 2 aromatic heterocycles. The summed E-state index contributed by atoms with van der Waals surface area (Å²) in [7, 11) is 1.86. The van der Waals surface area contributed by atoms with Crippen molar-refractivity contribution in [3.8, 4) is 16.9 Å². The quantitative estimate of drug-likeness (QED) is 0.401. The summed E-state index contributed by atoms with van der Waals surface area (Å²) in [5.74, 6) is -0.544. The normalized spacial score (nSPS) is 11.7. The molecule has 0 saturated heterocycles. The number of nitrogens with one attached hydrogen (secondary N) is 2. The molecule has 0 aliphatic rings. The topological polar surface area (TPSA) is 93.7 Å². The predicted molar refractivity (Wildman–Crippen MR) is 116 cm³/mol. The molecule has 166 valence electrons. The molecule has 1 amide bonds. The average molecular weight is 442 g/mol. The number of aromatic nitrogens is 4. The molecular weight excluding hydrogens is 421 g/mol. The molecule has 0 atom stereocenters. The number of halogens is 3. The van der Waals surface area contributed by atoms with Gasteiger partial charge < -0.3 is 11.1 Å². The molecule has 4 rings (SSSR count). The summed E-state index contributed by atoms with van der Waals surface area (Å²) >= 11 is 0. The minimum Gasteiger partial charge on any atom is -0.399 e. The van der Waals surface area contributed by atoms with E-state index in [2.05, 4.69) is 15.5 Å². The maximum absolute atomic E-state index is 13.0. The van der Waals surface area contributed by atoms with Gasteiger partial charge in [-0.3, -0.25) is 19.3 Å². The summed E-state index contributed by atoms with van der Waals surface area (Å²) in [6.07, 6.45) is -0.906. The van der Waals surface area contributed by atoms with Crippen LogP contribution < -0.4 is 11.1 Å². The molecule has 2 aromatic carbocycles. The molecule has 4 N–H and O–H groups in total. The van der Waals surface area contributed by atoms with Gasteiger partial charge in [-0.25, -0.2) is 0 Å². The van der Waals surface area contributed by atoms with Crippen molar-refractivity contribution in [2.75, 3.05) is 11.1 Å². The van der Waals surface area contributed by atoms with Gasteiger partial charge in [0.05, 0.1) is 29.3 Å². The first-order valence-electron chi connectivity index (χ1n) is 9.69. The van der Waals surface area contributed by atoms with Gasteiger partial charge in [0.15, 0.2) is 0 Å². The Labute approximate surface area is 181 Å². The fourth-order valence-corrected chi connectivity index (χ4v) is 3.38. The van der Waals surface area contributed by atoms with Gasteiger partial charge in [-0.2, -0.15) is 18.3 Å². The number of H-pyrrole nitrogens is 1. The molecule has 0 spiro atoms. The van der Waals surface area contributed by atoms with Crippen LogP contribution in [-0.4, -0.2) is 25.5 Å². The molecule has 10 heteroatoms. The first-order valence-corrected chi connectivity index (χ1v) is 9.69. The van der Waals surface area contributed by atoms with Crippen molar-refractivity contribution in [1.82, 2.24) is 19.6 Å². The molecule has 32 heavy (non-hydrogen) atoms. The van der Waals surface area contributed by atoms with E-state index in [4.69, 9.17) is 5.73 Å². The van der Waals surface area contributed by atoms with Crippen LogP contribution in [0.1, 0.15) is 27.2 Å². The third-order valence-electron chi connectivity index (χ3n) is 5.30. The van der Waals surface area contributed by atoms with Crippen LogP contribution in [0.5, 0.6) is 0 Å². The highest BCUT2D eigenvalue weighted by atomic mass is 19.4. The van der Waals surface area contributed by atoms with Crippen LogP contribution in [0.3, 0.4) is 0 Å². The number of rotatable bonds is 4. The van der Waals surface area contributed by atoms with Crippen molar-refractivity contribution in [3.63, 3.8) is 0 Å². The number of aromatic amines is 1. The van der Waals surface area contributed by atoms with E-state index in [-0.39, 0.29) is 11.4 Å². The van der Waals surface area contributed by atoms with Gasteiger partial charge in [0.25, 0.3) is 5.91 Å². The third-order valence-corrected chi connectivity index (χ3v) is 5.30. The Morgan fingerprint density at radius 2 is 1.88 bits per heavy atom. The Morgan fingerprint density at radius 3 is 2.50 bits per heavy atom. The summed E-state index contributed by atoms with van der Waals surface area (Å²) in [5, 5.41) is 9.94. The second-order valence-electron chi connectivity index (χ2n) is 7.59. The molecule has 0 bridgehead atoms. The summed E-state index contributed by atoms with van der Waals surface area (Å²) in [6.45, 7) is 3.86. The summed E-state index contributed by atoms with van der Waals surface area (Å²) in [4.78, 5) is 12.7. The van der Waals surface area contributed by atoms with Gasteiger partial charge in [0, 0.05) is 35.2 Å². The average Bonchev–Trinajstić information content (AvgIpc) is 3.00. The number of aryl methyl sites for hydroxylation is 2.